The van der Waals surface area contributed by atoms with Gasteiger partial charge in [0.25, 0.3) is 5.91 Å². The van der Waals surface area contributed by atoms with Crippen molar-refractivity contribution in [3.05, 3.63) is 12.2 Å². The molecule has 4 heteroatoms. The van der Waals surface area contributed by atoms with Crippen LogP contribution in [-0.4, -0.2) is 28.5 Å². The second-order valence-electron chi connectivity index (χ2n) is 2.58. The van der Waals surface area contributed by atoms with Crippen molar-refractivity contribution in [1.82, 2.24) is 5.01 Å². The minimum atomic E-state index is -0.366. The predicted molar refractivity (Wildman–Crippen MR) is 42.5 cm³/mol. The molecule has 0 bridgehead atoms. The second-order valence-corrected chi connectivity index (χ2v) is 3.05. The van der Waals surface area contributed by atoms with E-state index in [0.29, 0.717) is 0 Å². The average molecular weight is 171 g/mol. The molecule has 0 saturated carbocycles. The van der Waals surface area contributed by atoms with E-state index in [4.69, 9.17) is 11.6 Å². The Morgan fingerprint density at radius 3 is 3.36 bits per heavy atom. The summed E-state index contributed by atoms with van der Waals surface area (Å²) >= 11 is 5.75. The summed E-state index contributed by atoms with van der Waals surface area (Å²) in [5.41, 5.74) is 0. The summed E-state index contributed by atoms with van der Waals surface area (Å²) in [5, 5.41) is 4.99. The molecular weight excluding hydrogens is 164 g/mol. The third-order valence-electron chi connectivity index (χ3n) is 1.90. The number of carbonyl (C=O) groups excluding carboxylic acids is 1. The van der Waals surface area contributed by atoms with Crippen LogP contribution in [0.15, 0.2) is 17.3 Å². The topological polar surface area (TPSA) is 32.7 Å². The summed E-state index contributed by atoms with van der Waals surface area (Å²) in [5.74, 6) is -0.0865. The van der Waals surface area contributed by atoms with E-state index in [0.717, 1.165) is 6.42 Å². The number of carbonyl (C=O) groups is 1. The van der Waals surface area contributed by atoms with E-state index >= 15 is 0 Å². The van der Waals surface area contributed by atoms with Crippen molar-refractivity contribution in [1.29, 1.82) is 0 Å². The first-order chi connectivity index (χ1) is 5.30. The fraction of sp³-hybridized carbons (Fsp3) is 0.429. The van der Waals surface area contributed by atoms with E-state index in [1.807, 2.05) is 12.2 Å². The molecule has 0 N–H and O–H groups in total. The highest BCUT2D eigenvalue weighted by atomic mass is 35.5. The molecule has 0 spiro atoms. The molecule has 2 aliphatic heterocycles. The fourth-order valence-corrected chi connectivity index (χ4v) is 1.56. The molecule has 58 valence electrons. The maximum Gasteiger partial charge on any atom is 0.263 e. The van der Waals surface area contributed by atoms with E-state index in [1.54, 1.807) is 6.21 Å². The van der Waals surface area contributed by atoms with Crippen molar-refractivity contribution in [2.24, 2.45) is 5.10 Å². The van der Waals surface area contributed by atoms with Crippen LogP contribution >= 0.6 is 11.6 Å². The number of alkyl halides is 1. The lowest BCUT2D eigenvalue weighted by Gasteiger charge is -2.39. The molecule has 0 radical (unpaired) electrons. The lowest BCUT2D eigenvalue weighted by atomic mass is 10.0. The zero-order chi connectivity index (χ0) is 7.84. The van der Waals surface area contributed by atoms with Gasteiger partial charge in [0.15, 0.2) is 0 Å². The zero-order valence-corrected chi connectivity index (χ0v) is 6.53. The smallest absolute Gasteiger partial charge is 0.263 e. The summed E-state index contributed by atoms with van der Waals surface area (Å²) in [6.07, 6.45) is 6.21. The molecule has 11 heavy (non-hydrogen) atoms. The highest BCUT2D eigenvalue weighted by Gasteiger charge is 2.45. The third-order valence-corrected chi connectivity index (χ3v) is 2.38. The number of rotatable bonds is 0. The number of halogens is 1. The zero-order valence-electron chi connectivity index (χ0n) is 5.77. The number of fused-ring (bicyclic) bond motifs is 1. The van der Waals surface area contributed by atoms with Crippen molar-refractivity contribution in [3.8, 4) is 0 Å². The maximum atomic E-state index is 11.0. The number of hydrogen-bond donors (Lipinski definition) is 0. The van der Waals surface area contributed by atoms with Crippen molar-refractivity contribution in [3.63, 3.8) is 0 Å². The molecule has 0 aromatic carbocycles. The van der Waals surface area contributed by atoms with Crippen LogP contribution in [-0.2, 0) is 4.79 Å². The Balaban J connectivity index is 2.20. The molecule has 2 atom stereocenters. The molecule has 0 aromatic rings. The van der Waals surface area contributed by atoms with Crippen molar-refractivity contribution in [2.45, 2.75) is 17.8 Å². The Kier molecular flexibility index (Phi) is 1.46. The Morgan fingerprint density at radius 2 is 2.55 bits per heavy atom. The van der Waals surface area contributed by atoms with Gasteiger partial charge in [-0.05, 0) is 12.5 Å². The predicted octanol–water partition coefficient (Wildman–Crippen LogP) is 0.750. The van der Waals surface area contributed by atoms with Gasteiger partial charge in [-0.2, -0.15) is 5.10 Å². The Labute approximate surface area is 69.3 Å². The summed E-state index contributed by atoms with van der Waals surface area (Å²) in [7, 11) is 0. The van der Waals surface area contributed by atoms with E-state index in [9.17, 15) is 4.79 Å². The second kappa shape index (κ2) is 2.34. The number of allylic oxidation sites excluding steroid dienone is 1. The lowest BCUT2D eigenvalue weighted by Crippen LogP contribution is -2.59. The molecule has 1 saturated heterocycles. The first-order valence-electron chi connectivity index (χ1n) is 3.47. The molecule has 3 nitrogen and oxygen atoms in total. The van der Waals surface area contributed by atoms with E-state index in [2.05, 4.69) is 5.10 Å². The monoisotopic (exact) mass is 170 g/mol. The van der Waals surface area contributed by atoms with Gasteiger partial charge in [0.1, 0.15) is 5.38 Å². The van der Waals surface area contributed by atoms with E-state index < -0.39 is 0 Å². The quantitative estimate of drug-likeness (QED) is 0.390. The van der Waals surface area contributed by atoms with Crippen LogP contribution in [0.4, 0.5) is 0 Å². The average Bonchev–Trinajstić information content (AvgIpc) is 2.25. The molecule has 0 aromatic heterocycles. The Hall–Kier alpha value is -0.830. The summed E-state index contributed by atoms with van der Waals surface area (Å²) in [4.78, 5) is 11.0. The number of hydrazone groups is 1. The van der Waals surface area contributed by atoms with Gasteiger partial charge in [-0.1, -0.05) is 6.08 Å². The first-order valence-corrected chi connectivity index (χ1v) is 3.90. The van der Waals surface area contributed by atoms with Crippen LogP contribution < -0.4 is 0 Å². The molecule has 2 heterocycles. The molecule has 0 aliphatic carbocycles. The maximum absolute atomic E-state index is 11.0. The standard InChI is InChI=1S/C7H7ClN2O/c8-6-5-3-1-2-4-9-10(5)7(6)11/h1-2,4-6H,3H2/t5-,6-/m1/s1. The van der Waals surface area contributed by atoms with Gasteiger partial charge in [-0.25, -0.2) is 5.01 Å². The van der Waals surface area contributed by atoms with Crippen LogP contribution in [0.25, 0.3) is 0 Å². The fourth-order valence-electron chi connectivity index (χ4n) is 1.25. The van der Waals surface area contributed by atoms with Gasteiger partial charge in [-0.15, -0.1) is 11.6 Å². The van der Waals surface area contributed by atoms with Crippen molar-refractivity contribution < 1.29 is 4.79 Å². The lowest BCUT2D eigenvalue weighted by molar-refractivity contribution is -0.144. The van der Waals surface area contributed by atoms with E-state index in [-0.39, 0.29) is 17.3 Å². The minimum Gasteiger partial charge on any atom is -0.271 e. The first kappa shape index (κ1) is 6.85. The Bertz CT molecular complexity index is 249. The van der Waals surface area contributed by atoms with Crippen LogP contribution in [0.2, 0.25) is 0 Å². The van der Waals surface area contributed by atoms with Gasteiger partial charge in [0.05, 0.1) is 6.04 Å². The Morgan fingerprint density at radius 1 is 1.73 bits per heavy atom. The molecule has 2 aliphatic rings. The third kappa shape index (κ3) is 0.878. The number of hydrogen-bond acceptors (Lipinski definition) is 2. The van der Waals surface area contributed by atoms with Crippen LogP contribution in [0, 0.1) is 0 Å². The molecule has 1 amide bonds. The molecule has 2 rings (SSSR count). The van der Waals surface area contributed by atoms with Gasteiger partial charge in [0.2, 0.25) is 0 Å². The van der Waals surface area contributed by atoms with Crippen LogP contribution in [0.1, 0.15) is 6.42 Å². The van der Waals surface area contributed by atoms with Crippen LogP contribution in [0.3, 0.4) is 0 Å². The van der Waals surface area contributed by atoms with E-state index in [1.165, 1.54) is 5.01 Å². The van der Waals surface area contributed by atoms with Gasteiger partial charge in [0, 0.05) is 6.21 Å². The summed E-state index contributed by atoms with van der Waals surface area (Å²) < 4.78 is 0. The molecule has 1 fully saturated rings. The molecular formula is C7H7ClN2O. The molecule has 0 unspecified atom stereocenters. The van der Waals surface area contributed by atoms with Gasteiger partial charge >= 0.3 is 0 Å². The van der Waals surface area contributed by atoms with Crippen molar-refractivity contribution in [2.75, 3.05) is 0 Å². The van der Waals surface area contributed by atoms with Crippen LogP contribution in [0.5, 0.6) is 0 Å². The minimum absolute atomic E-state index is 0.0826. The largest absolute Gasteiger partial charge is 0.271 e. The number of amides is 1. The SMILES string of the molecule is O=C1[C@H](Cl)[C@H]2CC=CC=NN12. The van der Waals surface area contributed by atoms with Crippen molar-refractivity contribution >= 4 is 23.7 Å². The highest BCUT2D eigenvalue weighted by molar-refractivity contribution is 6.33. The number of β-lactam (4-membered cyclic amide) rings is 1. The highest BCUT2D eigenvalue weighted by Crippen LogP contribution is 2.28. The van der Waals surface area contributed by atoms with Gasteiger partial charge < -0.3 is 0 Å². The summed E-state index contributed by atoms with van der Waals surface area (Å²) in [6.45, 7) is 0. The summed E-state index contributed by atoms with van der Waals surface area (Å²) in [6, 6.07) is 0.0826. The number of nitrogens with zero attached hydrogens (tertiary/aromatic N) is 2. The normalized spacial score (nSPS) is 34.6. The van der Waals surface area contributed by atoms with Gasteiger partial charge in [-0.3, -0.25) is 4.79 Å².